The fourth-order valence-electron chi connectivity index (χ4n) is 2.65. The molecule has 2 aromatic carbocycles. The van der Waals surface area contributed by atoms with Gasteiger partial charge in [0.2, 0.25) is 0 Å². The van der Waals surface area contributed by atoms with Crippen LogP contribution < -0.4 is 20.7 Å². The Hall–Kier alpha value is -4.19. The zero-order valence-electron chi connectivity index (χ0n) is 16.7. The lowest BCUT2D eigenvalue weighted by Gasteiger charge is -2.17. The fraction of sp³-hybridized carbons (Fsp3) is 0.0952. The number of anilines is 2. The molecule has 7 N–H and O–H groups in total. The topological polar surface area (TPSA) is 173 Å². The van der Waals surface area contributed by atoms with Crippen molar-refractivity contribution in [3.63, 3.8) is 0 Å². The van der Waals surface area contributed by atoms with Gasteiger partial charge < -0.3 is 41.1 Å². The molecular formula is C21H20N4O7. The summed E-state index contributed by atoms with van der Waals surface area (Å²) >= 11 is 0. The lowest BCUT2D eigenvalue weighted by molar-refractivity contribution is -0.324. The summed E-state index contributed by atoms with van der Waals surface area (Å²) in [6.45, 7) is 0. The van der Waals surface area contributed by atoms with E-state index in [1.165, 1.54) is 25.4 Å². The molecule has 0 aliphatic heterocycles. The van der Waals surface area contributed by atoms with Gasteiger partial charge in [-0.2, -0.15) is 0 Å². The van der Waals surface area contributed by atoms with Crippen molar-refractivity contribution >= 4 is 23.3 Å². The number of nitrogens with zero attached hydrogens (tertiary/aromatic N) is 1. The summed E-state index contributed by atoms with van der Waals surface area (Å²) in [7, 11) is 1.50. The Kier molecular flexibility index (Phi) is 6.54. The first-order valence-corrected chi connectivity index (χ1v) is 9.20. The predicted molar refractivity (Wildman–Crippen MR) is 113 cm³/mol. The van der Waals surface area contributed by atoms with Gasteiger partial charge in [0.15, 0.2) is 0 Å². The van der Waals surface area contributed by atoms with Gasteiger partial charge in [-0.3, -0.25) is 9.78 Å². The van der Waals surface area contributed by atoms with Crippen molar-refractivity contribution < 1.29 is 34.8 Å². The number of amides is 3. The van der Waals surface area contributed by atoms with Gasteiger partial charge in [0.25, 0.3) is 5.91 Å². The third kappa shape index (κ3) is 5.70. The monoisotopic (exact) mass is 440 g/mol. The molecule has 166 valence electrons. The average Bonchev–Trinajstić information content (AvgIpc) is 2.75. The molecule has 0 saturated carbocycles. The van der Waals surface area contributed by atoms with E-state index < -0.39 is 23.3 Å². The quantitative estimate of drug-likeness (QED) is 0.224. The summed E-state index contributed by atoms with van der Waals surface area (Å²) in [5, 5.41) is 44.8. The lowest BCUT2D eigenvalue weighted by Crippen LogP contribution is -2.25. The number of hydrogen-bond donors (Lipinski definition) is 7. The second-order valence-corrected chi connectivity index (χ2v) is 6.53. The number of hydrogen-bond acceptors (Lipinski definition) is 8. The van der Waals surface area contributed by atoms with Crippen molar-refractivity contribution in [3.05, 3.63) is 72.1 Å². The van der Waals surface area contributed by atoms with Crippen LogP contribution >= 0.6 is 0 Å². The zero-order valence-corrected chi connectivity index (χ0v) is 16.7. The molecule has 0 saturated heterocycles. The third-order valence-corrected chi connectivity index (χ3v) is 4.15. The van der Waals surface area contributed by atoms with Crippen LogP contribution in [0, 0.1) is 0 Å². The summed E-state index contributed by atoms with van der Waals surface area (Å²) in [6, 6.07) is 12.2. The molecule has 0 atom stereocenters. The molecular weight excluding hydrogens is 420 g/mol. The van der Waals surface area contributed by atoms with Crippen LogP contribution in [0.1, 0.15) is 16.1 Å². The van der Waals surface area contributed by atoms with Crippen LogP contribution in [0.2, 0.25) is 0 Å². The first kappa shape index (κ1) is 22.5. The smallest absolute Gasteiger partial charge is 0.323 e. The Morgan fingerprint density at radius 1 is 0.906 bits per heavy atom. The van der Waals surface area contributed by atoms with Crippen molar-refractivity contribution in [2.75, 3.05) is 17.7 Å². The van der Waals surface area contributed by atoms with Crippen LogP contribution in [-0.4, -0.2) is 44.4 Å². The van der Waals surface area contributed by atoms with E-state index in [0.29, 0.717) is 17.2 Å². The number of rotatable bonds is 6. The van der Waals surface area contributed by atoms with Gasteiger partial charge in [-0.25, -0.2) is 4.79 Å². The highest BCUT2D eigenvalue weighted by atomic mass is 16.7. The standard InChI is InChI=1S/C21H20N4O7/c1-22-19(27)17-11-15(8-9-23-17)32-14-5-2-12(3-6-14)24-20(28)25-13-4-7-18(26)16(10-13)21(29,30)31/h2-11,26,29-31H,1H3,(H,22,27)(H2,24,25,28). The van der Waals surface area contributed by atoms with Crippen molar-refractivity contribution in [1.29, 1.82) is 0 Å². The lowest BCUT2D eigenvalue weighted by atomic mass is 10.1. The Labute approximate surface area is 181 Å². The molecule has 11 heteroatoms. The van der Waals surface area contributed by atoms with Crippen molar-refractivity contribution in [2.24, 2.45) is 0 Å². The van der Waals surface area contributed by atoms with E-state index >= 15 is 0 Å². The number of aliphatic hydroxyl groups is 3. The van der Waals surface area contributed by atoms with E-state index in [0.717, 1.165) is 12.1 Å². The maximum absolute atomic E-state index is 12.2. The fourth-order valence-corrected chi connectivity index (χ4v) is 2.65. The number of aromatic hydroxyl groups is 1. The van der Waals surface area contributed by atoms with Gasteiger partial charge in [-0.1, -0.05) is 0 Å². The number of phenols is 1. The predicted octanol–water partition coefficient (Wildman–Crippen LogP) is 1.67. The largest absolute Gasteiger partial charge is 0.507 e. The van der Waals surface area contributed by atoms with E-state index in [4.69, 9.17) is 4.74 Å². The Morgan fingerprint density at radius 2 is 1.56 bits per heavy atom. The molecule has 0 aliphatic carbocycles. The molecule has 1 heterocycles. The number of carbonyl (C=O) groups is 2. The second-order valence-electron chi connectivity index (χ2n) is 6.53. The third-order valence-electron chi connectivity index (χ3n) is 4.15. The van der Waals surface area contributed by atoms with Crippen molar-refractivity contribution in [3.8, 4) is 17.2 Å². The van der Waals surface area contributed by atoms with Gasteiger partial charge in [0.05, 0.1) is 5.56 Å². The van der Waals surface area contributed by atoms with Crippen LogP contribution in [0.15, 0.2) is 60.8 Å². The van der Waals surface area contributed by atoms with Crippen molar-refractivity contribution in [2.45, 2.75) is 5.97 Å². The minimum Gasteiger partial charge on any atom is -0.507 e. The average molecular weight is 440 g/mol. The minimum absolute atomic E-state index is 0.0985. The summed E-state index contributed by atoms with van der Waals surface area (Å²) in [6.07, 6.45) is 1.45. The maximum atomic E-state index is 12.2. The number of pyridine rings is 1. The zero-order chi connectivity index (χ0) is 23.3. The molecule has 0 radical (unpaired) electrons. The number of phenolic OH excluding ortho intramolecular Hbond substituents is 1. The Balaban J connectivity index is 1.62. The highest BCUT2D eigenvalue weighted by Gasteiger charge is 2.26. The minimum atomic E-state index is -3.26. The van der Waals surface area contributed by atoms with Crippen LogP contribution in [0.3, 0.4) is 0 Å². The van der Waals surface area contributed by atoms with Crippen LogP contribution in [0.4, 0.5) is 16.2 Å². The summed E-state index contributed by atoms with van der Waals surface area (Å²) in [5.41, 5.74) is 0.141. The molecule has 0 unspecified atom stereocenters. The summed E-state index contributed by atoms with van der Waals surface area (Å²) < 4.78 is 5.68. The molecule has 0 fully saturated rings. The summed E-state index contributed by atoms with van der Waals surface area (Å²) in [4.78, 5) is 27.8. The van der Waals surface area contributed by atoms with Gasteiger partial charge >= 0.3 is 12.0 Å². The number of aromatic nitrogens is 1. The van der Waals surface area contributed by atoms with E-state index in [1.54, 1.807) is 30.3 Å². The van der Waals surface area contributed by atoms with Gasteiger partial charge in [-0.15, -0.1) is 0 Å². The van der Waals surface area contributed by atoms with Crippen LogP contribution in [-0.2, 0) is 5.97 Å². The summed E-state index contributed by atoms with van der Waals surface area (Å²) in [5.74, 6) is -3.30. The highest BCUT2D eigenvalue weighted by molar-refractivity contribution is 5.99. The van der Waals surface area contributed by atoms with E-state index in [2.05, 4.69) is 20.9 Å². The van der Waals surface area contributed by atoms with Crippen LogP contribution in [0.5, 0.6) is 17.2 Å². The Bertz CT molecular complexity index is 1130. The maximum Gasteiger partial charge on any atom is 0.323 e. The molecule has 0 aliphatic rings. The molecule has 3 rings (SSSR count). The first-order valence-electron chi connectivity index (χ1n) is 9.20. The highest BCUT2D eigenvalue weighted by Crippen LogP contribution is 2.28. The van der Waals surface area contributed by atoms with Gasteiger partial charge in [0, 0.05) is 30.7 Å². The molecule has 0 spiro atoms. The number of urea groups is 1. The molecule has 0 bridgehead atoms. The normalized spacial score (nSPS) is 10.9. The molecule has 3 amide bonds. The van der Waals surface area contributed by atoms with E-state index in [-0.39, 0.29) is 17.3 Å². The number of carbonyl (C=O) groups excluding carboxylic acids is 2. The second kappa shape index (κ2) is 9.31. The first-order chi connectivity index (χ1) is 15.2. The van der Waals surface area contributed by atoms with Crippen LogP contribution in [0.25, 0.3) is 0 Å². The van der Waals surface area contributed by atoms with Gasteiger partial charge in [0.1, 0.15) is 22.9 Å². The Morgan fingerprint density at radius 3 is 2.22 bits per heavy atom. The molecule has 32 heavy (non-hydrogen) atoms. The number of benzene rings is 2. The van der Waals surface area contributed by atoms with Crippen molar-refractivity contribution in [1.82, 2.24) is 10.3 Å². The van der Waals surface area contributed by atoms with E-state index in [1.807, 2.05) is 0 Å². The van der Waals surface area contributed by atoms with Gasteiger partial charge in [-0.05, 0) is 48.5 Å². The van der Waals surface area contributed by atoms with E-state index in [9.17, 15) is 30.0 Å². The number of nitrogens with one attached hydrogen (secondary N) is 3. The molecule has 3 aromatic rings. The number of ether oxygens (including phenoxy) is 1. The molecule has 11 nitrogen and oxygen atoms in total. The SMILES string of the molecule is CNC(=O)c1cc(Oc2ccc(NC(=O)Nc3ccc(O)c(C(O)(O)O)c3)cc2)ccn1. The molecule has 1 aromatic heterocycles.